The lowest BCUT2D eigenvalue weighted by Gasteiger charge is -2.18. The van der Waals surface area contributed by atoms with Gasteiger partial charge in [-0.1, -0.05) is 39.1 Å². The molecule has 0 aromatic heterocycles. The van der Waals surface area contributed by atoms with Crippen LogP contribution in [0.1, 0.15) is 22.7 Å². The van der Waals surface area contributed by atoms with Crippen LogP contribution < -0.4 is 10.5 Å². The summed E-state index contributed by atoms with van der Waals surface area (Å²) < 4.78 is 6.64. The molecule has 0 amide bonds. The highest BCUT2D eigenvalue weighted by molar-refractivity contribution is 9.10. The number of benzene rings is 2. The second-order valence-electron chi connectivity index (χ2n) is 4.73. The first kappa shape index (κ1) is 14.2. The molecule has 1 heterocycles. The Hall–Kier alpha value is -0.740. The van der Waals surface area contributed by atoms with E-state index in [1.807, 2.05) is 30.3 Å². The van der Waals surface area contributed by atoms with Gasteiger partial charge in [-0.3, -0.25) is 0 Å². The number of hydrogen-bond donors (Lipinski definition) is 1. The summed E-state index contributed by atoms with van der Waals surface area (Å²) in [7, 11) is 0. The Balaban J connectivity index is 2.11. The second kappa shape index (κ2) is 5.57. The molecule has 104 valence electrons. The van der Waals surface area contributed by atoms with Gasteiger partial charge in [0.05, 0.1) is 12.6 Å². The Bertz CT molecular complexity index is 675. The molecule has 3 rings (SSSR count). The molecule has 5 heteroatoms. The number of ether oxygens (including phenoxy) is 1. The lowest BCUT2D eigenvalue weighted by atomic mass is 9.96. The third kappa shape index (κ3) is 2.56. The van der Waals surface area contributed by atoms with Gasteiger partial charge in [0, 0.05) is 26.5 Å². The van der Waals surface area contributed by atoms with Crippen molar-refractivity contribution < 1.29 is 4.74 Å². The molecule has 1 aliphatic heterocycles. The predicted molar refractivity (Wildman–Crippen MR) is 85.8 cm³/mol. The molecule has 0 aliphatic carbocycles. The third-order valence-corrected chi connectivity index (χ3v) is 4.46. The molecule has 0 saturated carbocycles. The van der Waals surface area contributed by atoms with Crippen molar-refractivity contribution in [1.29, 1.82) is 0 Å². The summed E-state index contributed by atoms with van der Waals surface area (Å²) in [6, 6.07) is 9.06. The normalized spacial score (nSPS) is 14.8. The summed E-state index contributed by atoms with van der Waals surface area (Å²) >= 11 is 15.9. The summed E-state index contributed by atoms with van der Waals surface area (Å²) in [5.41, 5.74) is 9.22. The van der Waals surface area contributed by atoms with Gasteiger partial charge in [0.15, 0.2) is 0 Å². The van der Waals surface area contributed by atoms with Crippen molar-refractivity contribution >= 4 is 39.1 Å². The zero-order valence-electron chi connectivity index (χ0n) is 10.5. The van der Waals surface area contributed by atoms with Gasteiger partial charge in [0.1, 0.15) is 5.75 Å². The van der Waals surface area contributed by atoms with Crippen molar-refractivity contribution in [1.82, 2.24) is 0 Å². The summed E-state index contributed by atoms with van der Waals surface area (Å²) in [5.74, 6) is 0.845. The van der Waals surface area contributed by atoms with Crippen LogP contribution in [0.4, 0.5) is 0 Å². The van der Waals surface area contributed by atoms with Gasteiger partial charge in [-0.25, -0.2) is 0 Å². The number of rotatable bonds is 2. The lowest BCUT2D eigenvalue weighted by molar-refractivity contribution is 0.352. The Morgan fingerprint density at radius 2 is 1.95 bits per heavy atom. The van der Waals surface area contributed by atoms with Crippen LogP contribution in [0, 0.1) is 0 Å². The van der Waals surface area contributed by atoms with Crippen LogP contribution in [0.3, 0.4) is 0 Å². The van der Waals surface area contributed by atoms with E-state index >= 15 is 0 Å². The highest BCUT2D eigenvalue weighted by Gasteiger charge is 2.23. The Kier molecular flexibility index (Phi) is 3.95. The van der Waals surface area contributed by atoms with Gasteiger partial charge < -0.3 is 10.5 Å². The molecule has 0 radical (unpaired) electrons. The van der Waals surface area contributed by atoms with Gasteiger partial charge in [-0.2, -0.15) is 0 Å². The predicted octanol–water partition coefficient (Wildman–Crippen LogP) is 4.74. The minimum atomic E-state index is -0.370. The topological polar surface area (TPSA) is 35.2 Å². The molecule has 0 fully saturated rings. The first-order valence-corrected chi connectivity index (χ1v) is 7.77. The highest BCUT2D eigenvalue weighted by Crippen LogP contribution is 2.39. The summed E-state index contributed by atoms with van der Waals surface area (Å²) in [6.45, 7) is 0.668. The fourth-order valence-corrected chi connectivity index (χ4v) is 3.31. The molecule has 2 aromatic carbocycles. The summed E-state index contributed by atoms with van der Waals surface area (Å²) in [5, 5.41) is 1.30. The van der Waals surface area contributed by atoms with E-state index in [0.717, 1.165) is 33.3 Å². The summed E-state index contributed by atoms with van der Waals surface area (Å²) in [6.07, 6.45) is 0.863. The van der Waals surface area contributed by atoms with E-state index in [9.17, 15) is 0 Å². The Labute approximate surface area is 136 Å². The van der Waals surface area contributed by atoms with Crippen LogP contribution in [-0.2, 0) is 6.42 Å². The molecular weight excluding hydrogens is 361 g/mol. The van der Waals surface area contributed by atoms with E-state index in [0.29, 0.717) is 16.7 Å². The van der Waals surface area contributed by atoms with E-state index in [1.54, 1.807) is 0 Å². The minimum Gasteiger partial charge on any atom is -0.493 e. The average molecular weight is 373 g/mol. The number of halogens is 3. The number of fused-ring (bicyclic) bond motifs is 1. The van der Waals surface area contributed by atoms with E-state index in [2.05, 4.69) is 15.9 Å². The molecular formula is C15H12BrCl2NO. The zero-order chi connectivity index (χ0) is 14.3. The van der Waals surface area contributed by atoms with Gasteiger partial charge >= 0.3 is 0 Å². The molecule has 0 saturated heterocycles. The molecule has 20 heavy (non-hydrogen) atoms. The van der Waals surface area contributed by atoms with Crippen LogP contribution in [-0.4, -0.2) is 6.61 Å². The second-order valence-corrected chi connectivity index (χ2v) is 6.48. The van der Waals surface area contributed by atoms with Gasteiger partial charge in [-0.15, -0.1) is 0 Å². The van der Waals surface area contributed by atoms with Crippen molar-refractivity contribution in [3.05, 3.63) is 61.5 Å². The minimum absolute atomic E-state index is 0.370. The largest absolute Gasteiger partial charge is 0.493 e. The smallest absolute Gasteiger partial charge is 0.127 e. The number of nitrogens with two attached hydrogens (primary N) is 1. The van der Waals surface area contributed by atoms with Crippen LogP contribution in [0.2, 0.25) is 10.0 Å². The van der Waals surface area contributed by atoms with Crippen molar-refractivity contribution in [3.8, 4) is 5.75 Å². The molecule has 0 bridgehead atoms. The maximum atomic E-state index is 6.38. The van der Waals surface area contributed by atoms with E-state index in [1.165, 1.54) is 0 Å². The number of hydrogen-bond acceptors (Lipinski definition) is 2. The third-order valence-electron chi connectivity index (χ3n) is 3.41. The van der Waals surface area contributed by atoms with E-state index in [-0.39, 0.29) is 6.04 Å². The van der Waals surface area contributed by atoms with Crippen molar-refractivity contribution in [2.24, 2.45) is 5.73 Å². The average Bonchev–Trinajstić information content (AvgIpc) is 2.87. The molecule has 1 aliphatic rings. The van der Waals surface area contributed by atoms with Crippen LogP contribution in [0.5, 0.6) is 5.75 Å². The van der Waals surface area contributed by atoms with Crippen LogP contribution in [0.15, 0.2) is 34.8 Å². The van der Waals surface area contributed by atoms with E-state index < -0.39 is 0 Å². The van der Waals surface area contributed by atoms with Gasteiger partial charge in [0.2, 0.25) is 0 Å². The van der Waals surface area contributed by atoms with Crippen LogP contribution >= 0.6 is 39.1 Å². The quantitative estimate of drug-likeness (QED) is 0.826. The Morgan fingerprint density at radius 1 is 1.15 bits per heavy atom. The molecule has 2 nitrogen and oxygen atoms in total. The molecule has 1 unspecified atom stereocenters. The molecule has 2 aromatic rings. The van der Waals surface area contributed by atoms with Gasteiger partial charge in [-0.05, 0) is 41.5 Å². The van der Waals surface area contributed by atoms with Crippen molar-refractivity contribution in [2.45, 2.75) is 12.5 Å². The fourth-order valence-electron chi connectivity index (χ4n) is 2.45. The maximum Gasteiger partial charge on any atom is 0.127 e. The molecule has 2 N–H and O–H groups in total. The maximum absolute atomic E-state index is 6.38. The zero-order valence-corrected chi connectivity index (χ0v) is 13.6. The van der Waals surface area contributed by atoms with Crippen molar-refractivity contribution in [3.63, 3.8) is 0 Å². The Morgan fingerprint density at radius 3 is 2.75 bits per heavy atom. The monoisotopic (exact) mass is 371 g/mol. The lowest BCUT2D eigenvalue weighted by Crippen LogP contribution is -2.13. The highest BCUT2D eigenvalue weighted by atomic mass is 79.9. The van der Waals surface area contributed by atoms with Gasteiger partial charge in [0.25, 0.3) is 0 Å². The molecule has 1 atom stereocenters. The fraction of sp³-hybridized carbons (Fsp3) is 0.200. The summed E-state index contributed by atoms with van der Waals surface area (Å²) in [4.78, 5) is 0. The van der Waals surface area contributed by atoms with Crippen LogP contribution in [0.25, 0.3) is 0 Å². The SMILES string of the molecule is NC(c1cc(Br)ccc1Cl)c1cc(Cl)cc2c1OCC2. The van der Waals surface area contributed by atoms with Crippen molar-refractivity contribution in [2.75, 3.05) is 6.61 Å². The first-order valence-electron chi connectivity index (χ1n) is 6.22. The van der Waals surface area contributed by atoms with E-state index in [4.69, 9.17) is 33.7 Å². The standard InChI is InChI=1S/C15H12BrCl2NO/c16-9-1-2-13(18)11(6-9)14(19)12-7-10(17)5-8-3-4-20-15(8)12/h1-2,5-7,14H,3-4,19H2. The molecule has 0 spiro atoms. The first-order chi connectivity index (χ1) is 9.56.